The summed E-state index contributed by atoms with van der Waals surface area (Å²) in [7, 11) is 1.91. The number of amides is 2. The number of piperazine rings is 1. The van der Waals surface area contributed by atoms with E-state index < -0.39 is 0 Å². The highest BCUT2D eigenvalue weighted by molar-refractivity contribution is 5.83. The lowest BCUT2D eigenvalue weighted by atomic mass is 10.1. The average Bonchev–Trinajstić information content (AvgIpc) is 2.85. The normalized spacial score (nSPS) is 26.7. The molecule has 2 saturated heterocycles. The number of nitrogens with two attached hydrogens (primary N) is 1. The third-order valence-electron chi connectivity index (χ3n) is 4.92. The molecule has 0 spiro atoms. The summed E-state index contributed by atoms with van der Waals surface area (Å²) in [5.74, 6) is 0.114. The zero-order valence-electron chi connectivity index (χ0n) is 14.6. The highest BCUT2D eigenvalue weighted by Crippen LogP contribution is 2.14. The first-order valence-electron chi connectivity index (χ1n) is 8.64. The first kappa shape index (κ1) is 18.2. The first-order valence-corrected chi connectivity index (χ1v) is 8.64. The van der Waals surface area contributed by atoms with Crippen LogP contribution in [-0.4, -0.2) is 91.0 Å². The van der Waals surface area contributed by atoms with Crippen molar-refractivity contribution in [3.63, 3.8) is 0 Å². The van der Waals surface area contributed by atoms with Crippen molar-refractivity contribution in [3.8, 4) is 0 Å². The highest BCUT2D eigenvalue weighted by Gasteiger charge is 2.32. The van der Waals surface area contributed by atoms with Crippen LogP contribution in [0.5, 0.6) is 0 Å². The number of likely N-dealkylation sites (N-methyl/N-ethyl adjacent to an activating group) is 1. The third-order valence-corrected chi connectivity index (χ3v) is 4.92. The van der Waals surface area contributed by atoms with Crippen LogP contribution in [-0.2, 0) is 9.59 Å². The molecule has 0 aliphatic carbocycles. The van der Waals surface area contributed by atoms with Gasteiger partial charge in [0.25, 0.3) is 0 Å². The largest absolute Gasteiger partial charge is 0.354 e. The SMILES string of the molecule is CC(C)N1CCN(C(=O)CCNC(=O)[C@@H]2C[C@H](N)CN2C)CC1. The van der Waals surface area contributed by atoms with Crippen molar-refractivity contribution in [2.24, 2.45) is 5.73 Å². The molecule has 23 heavy (non-hydrogen) atoms. The minimum absolute atomic E-state index is 0.0159. The molecule has 7 heteroatoms. The smallest absolute Gasteiger partial charge is 0.237 e. The second-order valence-corrected chi connectivity index (χ2v) is 7.00. The quantitative estimate of drug-likeness (QED) is 0.683. The van der Waals surface area contributed by atoms with E-state index in [1.807, 2.05) is 16.8 Å². The van der Waals surface area contributed by atoms with Crippen molar-refractivity contribution < 1.29 is 9.59 Å². The van der Waals surface area contributed by atoms with Gasteiger partial charge in [0.05, 0.1) is 6.04 Å². The minimum atomic E-state index is -0.158. The van der Waals surface area contributed by atoms with Crippen LogP contribution in [0.1, 0.15) is 26.7 Å². The monoisotopic (exact) mass is 325 g/mol. The van der Waals surface area contributed by atoms with Crippen LogP contribution in [0.15, 0.2) is 0 Å². The highest BCUT2D eigenvalue weighted by atomic mass is 16.2. The van der Waals surface area contributed by atoms with E-state index in [1.54, 1.807) is 0 Å². The fraction of sp³-hybridized carbons (Fsp3) is 0.875. The predicted molar refractivity (Wildman–Crippen MR) is 89.9 cm³/mol. The van der Waals surface area contributed by atoms with Gasteiger partial charge in [-0.2, -0.15) is 0 Å². The maximum Gasteiger partial charge on any atom is 0.237 e. The van der Waals surface area contributed by atoms with Crippen molar-refractivity contribution in [3.05, 3.63) is 0 Å². The van der Waals surface area contributed by atoms with Gasteiger partial charge in [-0.25, -0.2) is 0 Å². The van der Waals surface area contributed by atoms with Gasteiger partial charge in [0.2, 0.25) is 11.8 Å². The lowest BCUT2D eigenvalue weighted by Gasteiger charge is -2.37. The van der Waals surface area contributed by atoms with Gasteiger partial charge in [-0.3, -0.25) is 19.4 Å². The molecule has 0 saturated carbocycles. The summed E-state index contributed by atoms with van der Waals surface area (Å²) in [5.41, 5.74) is 5.87. The average molecular weight is 325 g/mol. The van der Waals surface area contributed by atoms with Crippen molar-refractivity contribution in [2.75, 3.05) is 46.3 Å². The molecule has 2 amide bonds. The van der Waals surface area contributed by atoms with Gasteiger partial charge in [0.1, 0.15) is 0 Å². The fourth-order valence-electron chi connectivity index (χ4n) is 3.40. The summed E-state index contributed by atoms with van der Waals surface area (Å²) < 4.78 is 0. The molecule has 2 heterocycles. The molecule has 2 fully saturated rings. The predicted octanol–water partition coefficient (Wildman–Crippen LogP) is -0.923. The summed E-state index contributed by atoms with van der Waals surface area (Å²) in [6, 6.07) is 0.436. The van der Waals surface area contributed by atoms with Crippen molar-refractivity contribution in [1.29, 1.82) is 0 Å². The Kier molecular flexibility index (Phi) is 6.38. The Morgan fingerprint density at radius 2 is 1.87 bits per heavy atom. The Labute approximate surface area is 139 Å². The van der Waals surface area contributed by atoms with Crippen molar-refractivity contribution in [1.82, 2.24) is 20.0 Å². The molecular formula is C16H31N5O2. The molecule has 0 bridgehead atoms. The molecule has 0 aromatic carbocycles. The number of carbonyl (C=O) groups is 2. The van der Waals surface area contributed by atoms with Gasteiger partial charge >= 0.3 is 0 Å². The summed E-state index contributed by atoms with van der Waals surface area (Å²) in [6.07, 6.45) is 1.06. The Balaban J connectivity index is 1.66. The van der Waals surface area contributed by atoms with Crippen molar-refractivity contribution >= 4 is 11.8 Å². The Morgan fingerprint density at radius 1 is 1.22 bits per heavy atom. The molecular weight excluding hydrogens is 294 g/mol. The zero-order chi connectivity index (χ0) is 17.0. The van der Waals surface area contributed by atoms with Gasteiger partial charge in [0, 0.05) is 57.8 Å². The van der Waals surface area contributed by atoms with Crippen LogP contribution in [0.25, 0.3) is 0 Å². The van der Waals surface area contributed by atoms with E-state index in [9.17, 15) is 9.59 Å². The Morgan fingerprint density at radius 3 is 2.39 bits per heavy atom. The number of carbonyl (C=O) groups excluding carboxylic acids is 2. The van der Waals surface area contributed by atoms with Crippen molar-refractivity contribution in [2.45, 2.75) is 44.8 Å². The molecule has 2 atom stereocenters. The summed E-state index contributed by atoms with van der Waals surface area (Å²) in [4.78, 5) is 30.6. The van der Waals surface area contributed by atoms with Gasteiger partial charge in [-0.05, 0) is 27.3 Å². The first-order chi connectivity index (χ1) is 10.9. The number of nitrogens with zero attached hydrogens (tertiary/aromatic N) is 3. The molecule has 3 N–H and O–H groups in total. The topological polar surface area (TPSA) is 81.9 Å². The molecule has 7 nitrogen and oxygen atoms in total. The number of hydrogen-bond donors (Lipinski definition) is 2. The van der Waals surface area contributed by atoms with E-state index in [2.05, 4.69) is 24.1 Å². The van der Waals surface area contributed by atoms with Crippen LogP contribution in [0, 0.1) is 0 Å². The number of hydrogen-bond acceptors (Lipinski definition) is 5. The molecule has 0 radical (unpaired) electrons. The van der Waals surface area contributed by atoms with Gasteiger partial charge in [0.15, 0.2) is 0 Å². The standard InChI is InChI=1S/C16H31N5O2/c1-12(2)20-6-8-21(9-7-20)15(22)4-5-18-16(23)14-10-13(17)11-19(14)3/h12-14H,4-11,17H2,1-3H3,(H,18,23)/t13-,14-/m0/s1. The maximum atomic E-state index is 12.2. The fourth-order valence-corrected chi connectivity index (χ4v) is 3.40. The van der Waals surface area contributed by atoms with Crippen LogP contribution in [0.3, 0.4) is 0 Å². The molecule has 2 aliphatic rings. The lowest BCUT2D eigenvalue weighted by molar-refractivity contribution is -0.133. The molecule has 2 aliphatic heterocycles. The van der Waals surface area contributed by atoms with Gasteiger partial charge in [-0.15, -0.1) is 0 Å². The van der Waals surface area contributed by atoms with E-state index in [0.717, 1.165) is 32.7 Å². The Hall–Kier alpha value is -1.18. The van der Waals surface area contributed by atoms with Crippen LogP contribution >= 0.6 is 0 Å². The van der Waals surface area contributed by atoms with E-state index in [4.69, 9.17) is 5.73 Å². The second-order valence-electron chi connectivity index (χ2n) is 7.00. The van der Waals surface area contributed by atoms with E-state index >= 15 is 0 Å². The van der Waals surface area contributed by atoms with Gasteiger partial charge in [-0.1, -0.05) is 0 Å². The summed E-state index contributed by atoms with van der Waals surface area (Å²) >= 11 is 0. The molecule has 2 rings (SSSR count). The van der Waals surface area contributed by atoms with E-state index in [1.165, 1.54) is 0 Å². The van der Waals surface area contributed by atoms with E-state index in [0.29, 0.717) is 25.4 Å². The number of rotatable bonds is 5. The van der Waals surface area contributed by atoms with Crippen LogP contribution < -0.4 is 11.1 Å². The molecule has 132 valence electrons. The third kappa shape index (κ3) is 4.89. The van der Waals surface area contributed by atoms with E-state index in [-0.39, 0.29) is 23.9 Å². The van der Waals surface area contributed by atoms with Crippen LogP contribution in [0.4, 0.5) is 0 Å². The summed E-state index contributed by atoms with van der Waals surface area (Å²) in [6.45, 7) is 8.94. The number of nitrogens with one attached hydrogen (secondary N) is 1. The minimum Gasteiger partial charge on any atom is -0.354 e. The molecule has 0 aromatic heterocycles. The maximum absolute atomic E-state index is 12.2. The zero-order valence-corrected chi connectivity index (χ0v) is 14.6. The molecule has 0 unspecified atom stereocenters. The second kappa shape index (κ2) is 8.08. The Bertz CT molecular complexity index is 421. The summed E-state index contributed by atoms with van der Waals surface area (Å²) in [5, 5.41) is 2.88. The number of likely N-dealkylation sites (tertiary alicyclic amines) is 1. The van der Waals surface area contributed by atoms with Gasteiger partial charge < -0.3 is 16.0 Å². The lowest BCUT2D eigenvalue weighted by Crippen LogP contribution is -2.51. The molecule has 0 aromatic rings. The van der Waals surface area contributed by atoms with Crippen LogP contribution in [0.2, 0.25) is 0 Å².